The largest absolute Gasteiger partial charge is 0.454 e. The second-order valence-corrected chi connectivity index (χ2v) is 8.44. The Morgan fingerprint density at radius 3 is 2.57 bits per heavy atom. The average molecular weight is 416 g/mol. The molecule has 7 nitrogen and oxygen atoms in total. The van der Waals surface area contributed by atoms with Crippen LogP contribution in [0, 0.1) is 0 Å². The van der Waals surface area contributed by atoms with Crippen LogP contribution in [0.2, 0.25) is 0 Å². The highest BCUT2D eigenvalue weighted by atomic mass is 16.7. The predicted molar refractivity (Wildman–Crippen MR) is 120 cm³/mol. The Morgan fingerprint density at radius 1 is 0.967 bits per heavy atom. The van der Waals surface area contributed by atoms with E-state index in [1.165, 1.54) is 50.9 Å². The summed E-state index contributed by atoms with van der Waals surface area (Å²) in [5.74, 6) is 2.81. The number of aliphatic imine (C=N–C) groups is 1. The van der Waals surface area contributed by atoms with Crippen molar-refractivity contribution in [3.8, 4) is 11.5 Å². The fourth-order valence-corrected chi connectivity index (χ4v) is 4.48. The number of nitrogens with zero attached hydrogens (tertiary/aromatic N) is 4. The van der Waals surface area contributed by atoms with Crippen LogP contribution in [0.3, 0.4) is 0 Å². The van der Waals surface area contributed by atoms with Gasteiger partial charge in [-0.1, -0.05) is 6.07 Å². The van der Waals surface area contributed by atoms with Gasteiger partial charge in [-0.2, -0.15) is 0 Å². The second-order valence-electron chi connectivity index (χ2n) is 8.44. The minimum Gasteiger partial charge on any atom is -0.454 e. The van der Waals surface area contributed by atoms with Gasteiger partial charge in [0.1, 0.15) is 0 Å². The molecule has 0 unspecified atom stereocenters. The average Bonchev–Trinajstić information content (AvgIpc) is 3.45. The van der Waals surface area contributed by atoms with E-state index in [0.717, 1.165) is 63.3 Å². The summed E-state index contributed by atoms with van der Waals surface area (Å²) >= 11 is 0. The number of nitrogens with one attached hydrogen (secondary N) is 1. The number of unbranched alkanes of at least 4 members (excludes halogenated alkanes) is 1. The van der Waals surface area contributed by atoms with Crippen molar-refractivity contribution in [3.05, 3.63) is 23.8 Å². The lowest BCUT2D eigenvalue weighted by Crippen LogP contribution is -2.52. The van der Waals surface area contributed by atoms with Crippen molar-refractivity contribution >= 4 is 5.96 Å². The summed E-state index contributed by atoms with van der Waals surface area (Å²) in [7, 11) is 0. The Morgan fingerprint density at radius 2 is 1.77 bits per heavy atom. The van der Waals surface area contributed by atoms with Gasteiger partial charge >= 0.3 is 0 Å². The third-order valence-electron chi connectivity index (χ3n) is 6.19. The van der Waals surface area contributed by atoms with Crippen LogP contribution in [0.1, 0.15) is 38.2 Å². The van der Waals surface area contributed by atoms with Crippen molar-refractivity contribution in [3.63, 3.8) is 0 Å². The summed E-state index contributed by atoms with van der Waals surface area (Å²) in [6.07, 6.45) is 5.19. The number of likely N-dealkylation sites (tertiary alicyclic amines) is 1. The Balaban J connectivity index is 1.20. The van der Waals surface area contributed by atoms with E-state index in [2.05, 4.69) is 39.1 Å². The topological polar surface area (TPSA) is 52.6 Å². The summed E-state index contributed by atoms with van der Waals surface area (Å²) in [5.41, 5.74) is 1.28. The van der Waals surface area contributed by atoms with Gasteiger partial charge in [-0.15, -0.1) is 0 Å². The van der Waals surface area contributed by atoms with Crippen LogP contribution in [0.4, 0.5) is 0 Å². The first-order valence-electron chi connectivity index (χ1n) is 11.7. The molecule has 3 aliphatic rings. The first-order chi connectivity index (χ1) is 14.8. The number of piperazine rings is 1. The number of guanidine groups is 1. The number of hydrogen-bond acceptors (Lipinski definition) is 5. The van der Waals surface area contributed by atoms with E-state index in [4.69, 9.17) is 14.5 Å². The van der Waals surface area contributed by atoms with Crippen molar-refractivity contribution in [2.75, 3.05) is 65.7 Å². The smallest absolute Gasteiger partial charge is 0.231 e. The van der Waals surface area contributed by atoms with E-state index >= 15 is 0 Å². The van der Waals surface area contributed by atoms with Crippen molar-refractivity contribution in [1.29, 1.82) is 0 Å². The molecule has 0 amide bonds. The monoisotopic (exact) mass is 415 g/mol. The zero-order valence-corrected chi connectivity index (χ0v) is 18.4. The number of rotatable bonds is 8. The van der Waals surface area contributed by atoms with Gasteiger partial charge in [0, 0.05) is 45.8 Å². The molecule has 0 spiro atoms. The van der Waals surface area contributed by atoms with E-state index in [1.807, 2.05) is 6.07 Å². The van der Waals surface area contributed by atoms with Gasteiger partial charge < -0.3 is 24.6 Å². The SMILES string of the molecule is CCNC(=NCCCCN1CCCC1)N1CCN(Cc2ccc3c(c2)OCO3)CC1. The molecule has 166 valence electrons. The summed E-state index contributed by atoms with van der Waals surface area (Å²) in [4.78, 5) is 12.4. The molecule has 0 saturated carbocycles. The molecule has 3 heterocycles. The second kappa shape index (κ2) is 10.9. The summed E-state index contributed by atoms with van der Waals surface area (Å²) in [5, 5.41) is 3.49. The van der Waals surface area contributed by atoms with Gasteiger partial charge in [-0.25, -0.2) is 0 Å². The number of fused-ring (bicyclic) bond motifs is 1. The van der Waals surface area contributed by atoms with E-state index in [1.54, 1.807) is 0 Å². The first-order valence-corrected chi connectivity index (χ1v) is 11.7. The summed E-state index contributed by atoms with van der Waals surface area (Å²) in [6, 6.07) is 6.28. The van der Waals surface area contributed by atoms with Crippen LogP contribution in [0.25, 0.3) is 0 Å². The standard InChI is InChI=1S/C23H37N5O2/c1-2-24-23(25-9-3-4-10-26-11-5-6-12-26)28-15-13-27(14-16-28)18-20-7-8-21-22(17-20)30-19-29-21/h7-8,17H,2-6,9-16,18-19H2,1H3,(H,24,25). The van der Waals surface area contributed by atoms with Crippen LogP contribution in [0.15, 0.2) is 23.2 Å². The minimum absolute atomic E-state index is 0.336. The molecule has 1 N–H and O–H groups in total. The summed E-state index contributed by atoms with van der Waals surface area (Å²) in [6.45, 7) is 13.2. The van der Waals surface area contributed by atoms with Gasteiger partial charge in [0.2, 0.25) is 6.79 Å². The van der Waals surface area contributed by atoms with Crippen molar-refractivity contribution in [2.24, 2.45) is 4.99 Å². The molecular weight excluding hydrogens is 378 g/mol. The van der Waals surface area contributed by atoms with Crippen molar-refractivity contribution in [1.82, 2.24) is 20.0 Å². The fraction of sp³-hybridized carbons (Fsp3) is 0.696. The van der Waals surface area contributed by atoms with Gasteiger partial charge in [0.25, 0.3) is 0 Å². The van der Waals surface area contributed by atoms with E-state index in [0.29, 0.717) is 6.79 Å². The molecule has 2 saturated heterocycles. The zero-order chi connectivity index (χ0) is 20.6. The van der Waals surface area contributed by atoms with Gasteiger partial charge in [-0.3, -0.25) is 9.89 Å². The van der Waals surface area contributed by atoms with E-state index in [-0.39, 0.29) is 0 Å². The maximum absolute atomic E-state index is 5.51. The third-order valence-corrected chi connectivity index (χ3v) is 6.19. The molecule has 1 aromatic carbocycles. The Kier molecular flexibility index (Phi) is 7.70. The van der Waals surface area contributed by atoms with Crippen LogP contribution in [-0.2, 0) is 6.54 Å². The van der Waals surface area contributed by atoms with Gasteiger partial charge in [-0.05, 0) is 69.9 Å². The Hall–Kier alpha value is -1.99. The molecule has 0 aliphatic carbocycles. The van der Waals surface area contributed by atoms with E-state index in [9.17, 15) is 0 Å². The highest BCUT2D eigenvalue weighted by molar-refractivity contribution is 5.80. The van der Waals surface area contributed by atoms with Crippen molar-refractivity contribution in [2.45, 2.75) is 39.2 Å². The normalized spacial score (nSPS) is 20.2. The minimum atomic E-state index is 0.336. The molecule has 30 heavy (non-hydrogen) atoms. The number of hydrogen-bond donors (Lipinski definition) is 1. The zero-order valence-electron chi connectivity index (χ0n) is 18.4. The Bertz CT molecular complexity index is 697. The quantitative estimate of drug-likeness (QED) is 0.400. The molecule has 0 aromatic heterocycles. The van der Waals surface area contributed by atoms with Gasteiger partial charge in [0.15, 0.2) is 17.5 Å². The summed E-state index contributed by atoms with van der Waals surface area (Å²) < 4.78 is 10.9. The molecule has 3 aliphatic heterocycles. The van der Waals surface area contributed by atoms with Crippen LogP contribution < -0.4 is 14.8 Å². The number of benzene rings is 1. The number of ether oxygens (including phenoxy) is 2. The van der Waals surface area contributed by atoms with Crippen LogP contribution in [-0.4, -0.2) is 86.4 Å². The fourth-order valence-electron chi connectivity index (χ4n) is 4.48. The lowest BCUT2D eigenvalue weighted by molar-refractivity contribution is 0.171. The maximum atomic E-state index is 5.51. The van der Waals surface area contributed by atoms with Crippen LogP contribution >= 0.6 is 0 Å². The highest BCUT2D eigenvalue weighted by Crippen LogP contribution is 2.32. The molecule has 2 fully saturated rings. The predicted octanol–water partition coefficient (Wildman–Crippen LogP) is 2.37. The Labute approximate surface area is 181 Å². The molecule has 1 aromatic rings. The maximum Gasteiger partial charge on any atom is 0.231 e. The molecule has 0 atom stereocenters. The molecule has 7 heteroatoms. The molecule has 0 bridgehead atoms. The van der Waals surface area contributed by atoms with E-state index < -0.39 is 0 Å². The first kappa shape index (κ1) is 21.2. The third kappa shape index (κ3) is 5.79. The van der Waals surface area contributed by atoms with Crippen molar-refractivity contribution < 1.29 is 9.47 Å². The van der Waals surface area contributed by atoms with Crippen LogP contribution in [0.5, 0.6) is 11.5 Å². The lowest BCUT2D eigenvalue weighted by atomic mass is 10.1. The molecule has 4 rings (SSSR count). The lowest BCUT2D eigenvalue weighted by Gasteiger charge is -2.36. The molecular formula is C23H37N5O2. The molecule has 0 radical (unpaired) electrons. The highest BCUT2D eigenvalue weighted by Gasteiger charge is 2.21. The van der Waals surface area contributed by atoms with Gasteiger partial charge in [0.05, 0.1) is 0 Å².